The van der Waals surface area contributed by atoms with E-state index in [1.807, 2.05) is 13.8 Å². The fraction of sp³-hybridized carbons (Fsp3) is 0.227. The van der Waals surface area contributed by atoms with Crippen LogP contribution in [-0.4, -0.2) is 29.9 Å². The lowest BCUT2D eigenvalue weighted by Crippen LogP contribution is -2.32. The van der Waals surface area contributed by atoms with Crippen molar-refractivity contribution in [3.05, 3.63) is 72.3 Å². The van der Waals surface area contributed by atoms with Gasteiger partial charge in [-0.2, -0.15) is 0 Å². The number of carbonyl (C=O) groups is 1. The molecule has 0 radical (unpaired) electrons. The fourth-order valence-corrected chi connectivity index (χ4v) is 4.80. The van der Waals surface area contributed by atoms with E-state index in [2.05, 4.69) is 10.3 Å². The number of nitrogens with one attached hydrogen (secondary N) is 1. The Hall–Kier alpha value is -3.35. The number of hydrogen-bond acceptors (Lipinski definition) is 5. The number of nitrogens with zero attached hydrogens (tertiary/aromatic N) is 2. The van der Waals surface area contributed by atoms with Gasteiger partial charge in [-0.3, -0.25) is 13.8 Å². The number of aryl methyl sites for hydroxylation is 1. The van der Waals surface area contributed by atoms with Gasteiger partial charge in [-0.05, 0) is 68.7 Å². The summed E-state index contributed by atoms with van der Waals surface area (Å²) in [5.74, 6) is 0.335. The van der Waals surface area contributed by atoms with Crippen molar-refractivity contribution in [2.24, 2.45) is 0 Å². The van der Waals surface area contributed by atoms with Crippen LogP contribution in [0.4, 0.5) is 5.69 Å². The number of ether oxygens (including phenoxy) is 1. The number of pyridine rings is 1. The monoisotopic (exact) mass is 423 g/mol. The number of benzene rings is 1. The molecule has 8 heteroatoms. The van der Waals surface area contributed by atoms with Gasteiger partial charge in [0.25, 0.3) is 5.91 Å². The molecule has 3 heterocycles. The maximum atomic E-state index is 13.5. The van der Waals surface area contributed by atoms with Crippen LogP contribution in [0.3, 0.4) is 0 Å². The van der Waals surface area contributed by atoms with Crippen molar-refractivity contribution >= 4 is 26.5 Å². The van der Waals surface area contributed by atoms with E-state index in [0.717, 1.165) is 24.2 Å². The van der Waals surface area contributed by atoms with Gasteiger partial charge in [0.1, 0.15) is 17.0 Å². The van der Waals surface area contributed by atoms with Crippen molar-refractivity contribution in [2.75, 3.05) is 5.32 Å². The van der Waals surface area contributed by atoms with Crippen molar-refractivity contribution in [1.29, 1.82) is 0 Å². The first-order chi connectivity index (χ1) is 14.3. The Morgan fingerprint density at radius 1 is 1.27 bits per heavy atom. The van der Waals surface area contributed by atoms with Crippen molar-refractivity contribution in [1.82, 2.24) is 8.96 Å². The zero-order valence-corrected chi connectivity index (χ0v) is 17.4. The number of amides is 1. The summed E-state index contributed by atoms with van der Waals surface area (Å²) in [4.78, 5) is 28.4. The molecule has 0 spiro atoms. The maximum absolute atomic E-state index is 13.5. The number of carbonyl (C=O) groups excluding carboxylic acids is 2. The standard InChI is InChI=1S/C22H21N3O4S/c1-22(2)10-8-16-13-18(6-7-20(16)29-22)30(28,15-26)25-12-9-17(14-25)24-21(27)19-5-3-4-11-23-19/h3-7,9,11-14H,8,10H2,1-2H3,(H,24,27). The molecule has 0 aliphatic carbocycles. The first kappa shape index (κ1) is 19.9. The van der Waals surface area contributed by atoms with Crippen molar-refractivity contribution in [2.45, 2.75) is 37.2 Å². The summed E-state index contributed by atoms with van der Waals surface area (Å²) in [5.41, 5.74) is 1.31. The van der Waals surface area contributed by atoms with Gasteiger partial charge in [0.15, 0.2) is 9.71 Å². The smallest absolute Gasteiger partial charge is 0.274 e. The molecule has 7 nitrogen and oxygen atoms in total. The van der Waals surface area contributed by atoms with Crippen molar-refractivity contribution in [3.63, 3.8) is 0 Å². The van der Waals surface area contributed by atoms with E-state index in [9.17, 15) is 13.8 Å². The summed E-state index contributed by atoms with van der Waals surface area (Å²) < 4.78 is 20.8. The topological polar surface area (TPSA) is 90.3 Å². The minimum absolute atomic E-state index is 0.255. The first-order valence-corrected chi connectivity index (χ1v) is 11.0. The van der Waals surface area contributed by atoms with Gasteiger partial charge in [0, 0.05) is 18.6 Å². The molecule has 0 bridgehead atoms. The SMILES string of the molecule is CC1(C)CCc2cc(S(=O)(=C=O)n3ccc(NC(=O)c4ccccn4)c3)ccc2O1. The summed E-state index contributed by atoms with van der Waals surface area (Å²) in [6.45, 7) is 4.04. The van der Waals surface area contributed by atoms with Gasteiger partial charge in [-0.15, -0.1) is 0 Å². The summed E-state index contributed by atoms with van der Waals surface area (Å²) >= 11 is 0. The molecule has 1 amide bonds. The molecule has 4 rings (SSSR count). The van der Waals surface area contributed by atoms with Crippen LogP contribution in [0.25, 0.3) is 0 Å². The first-order valence-electron chi connectivity index (χ1n) is 9.47. The molecule has 0 fully saturated rings. The van der Waals surface area contributed by atoms with Crippen LogP contribution in [0.2, 0.25) is 0 Å². The number of fused-ring (bicyclic) bond motifs is 1. The van der Waals surface area contributed by atoms with Gasteiger partial charge in [0.05, 0.1) is 10.6 Å². The highest BCUT2D eigenvalue weighted by atomic mass is 32.2. The molecule has 1 aromatic carbocycles. The Kier molecular flexibility index (Phi) is 4.97. The molecule has 0 saturated heterocycles. The zero-order chi connectivity index (χ0) is 21.4. The Morgan fingerprint density at radius 3 is 2.83 bits per heavy atom. The minimum Gasteiger partial charge on any atom is -0.488 e. The highest BCUT2D eigenvalue weighted by Gasteiger charge is 2.27. The van der Waals surface area contributed by atoms with Crippen LogP contribution >= 0.6 is 0 Å². The van der Waals surface area contributed by atoms with Gasteiger partial charge >= 0.3 is 0 Å². The number of aromatic nitrogens is 2. The van der Waals surface area contributed by atoms with E-state index in [1.54, 1.807) is 47.7 Å². The lowest BCUT2D eigenvalue weighted by Gasteiger charge is -2.32. The average Bonchev–Trinajstić information content (AvgIpc) is 3.22. The van der Waals surface area contributed by atoms with Crippen molar-refractivity contribution < 1.29 is 18.5 Å². The van der Waals surface area contributed by atoms with Crippen LogP contribution in [-0.2, 0) is 20.9 Å². The second kappa shape index (κ2) is 7.48. The third kappa shape index (κ3) is 3.75. The number of hydrogen-bond donors (Lipinski definition) is 1. The van der Waals surface area contributed by atoms with E-state index < -0.39 is 15.6 Å². The normalized spacial score (nSPS) is 16.5. The van der Waals surface area contributed by atoms with Gasteiger partial charge in [0.2, 0.25) is 5.23 Å². The third-order valence-corrected chi connectivity index (χ3v) is 6.91. The molecule has 3 aromatic rings. The summed E-state index contributed by atoms with van der Waals surface area (Å²) in [6, 6.07) is 11.7. The second-order valence-electron chi connectivity index (χ2n) is 7.67. The highest BCUT2D eigenvalue weighted by molar-refractivity contribution is 7.99. The van der Waals surface area contributed by atoms with Crippen LogP contribution in [0.1, 0.15) is 36.3 Å². The minimum atomic E-state index is -3.34. The average molecular weight is 423 g/mol. The lowest BCUT2D eigenvalue weighted by molar-refractivity contribution is 0.0845. The Morgan fingerprint density at radius 2 is 2.10 bits per heavy atom. The van der Waals surface area contributed by atoms with Crippen LogP contribution in [0.15, 0.2) is 66.0 Å². The van der Waals surface area contributed by atoms with E-state index in [0.29, 0.717) is 10.6 Å². The molecule has 1 unspecified atom stereocenters. The molecule has 30 heavy (non-hydrogen) atoms. The Labute approximate surface area is 174 Å². The van der Waals surface area contributed by atoms with Crippen LogP contribution in [0, 0.1) is 0 Å². The number of anilines is 1. The molecule has 2 aromatic heterocycles. The highest BCUT2D eigenvalue weighted by Crippen LogP contribution is 2.34. The third-order valence-electron chi connectivity index (χ3n) is 4.97. The van der Waals surface area contributed by atoms with Crippen LogP contribution < -0.4 is 10.1 Å². The lowest BCUT2D eigenvalue weighted by atomic mass is 9.94. The summed E-state index contributed by atoms with van der Waals surface area (Å²) in [5, 5.41) is 4.39. The molecule has 154 valence electrons. The molecule has 1 N–H and O–H groups in total. The van der Waals surface area contributed by atoms with E-state index in [-0.39, 0.29) is 11.3 Å². The predicted molar refractivity (Wildman–Crippen MR) is 114 cm³/mol. The van der Waals surface area contributed by atoms with Gasteiger partial charge in [-0.1, -0.05) is 6.07 Å². The molecule has 1 aliphatic rings. The van der Waals surface area contributed by atoms with E-state index in [4.69, 9.17) is 4.74 Å². The summed E-state index contributed by atoms with van der Waals surface area (Å²) in [6.07, 6.45) is 6.05. The van der Waals surface area contributed by atoms with Crippen LogP contribution in [0.5, 0.6) is 5.75 Å². The molecule has 1 aliphatic heterocycles. The van der Waals surface area contributed by atoms with Crippen molar-refractivity contribution in [3.8, 4) is 5.75 Å². The molecule has 0 saturated carbocycles. The second-order valence-corrected chi connectivity index (χ2v) is 9.78. The largest absolute Gasteiger partial charge is 0.488 e. The van der Waals surface area contributed by atoms with Gasteiger partial charge < -0.3 is 10.1 Å². The summed E-state index contributed by atoms with van der Waals surface area (Å²) in [7, 11) is -3.34. The predicted octanol–water partition coefficient (Wildman–Crippen LogP) is 3.41. The van der Waals surface area contributed by atoms with E-state index in [1.165, 1.54) is 22.6 Å². The zero-order valence-electron chi connectivity index (χ0n) is 16.6. The van der Waals surface area contributed by atoms with E-state index >= 15 is 0 Å². The van der Waals surface area contributed by atoms with Gasteiger partial charge in [-0.25, -0.2) is 9.00 Å². The molecule has 1 atom stereocenters. The molecular weight excluding hydrogens is 402 g/mol. The number of rotatable bonds is 4. The quantitative estimate of drug-likeness (QED) is 0.650. The Bertz CT molecular complexity index is 1250. The maximum Gasteiger partial charge on any atom is 0.274 e. The fourth-order valence-electron chi connectivity index (χ4n) is 3.32. The Balaban J connectivity index is 1.62. The molecular formula is C22H21N3O4S.